The van der Waals surface area contributed by atoms with Crippen molar-refractivity contribution in [1.82, 2.24) is 9.88 Å². The van der Waals surface area contributed by atoms with Crippen molar-refractivity contribution >= 4 is 28.3 Å². The van der Waals surface area contributed by atoms with Gasteiger partial charge in [-0.15, -0.1) is 11.3 Å². The van der Waals surface area contributed by atoms with Crippen LogP contribution < -0.4 is 15.8 Å². The molecular weight excluding hydrogens is 376 g/mol. The molecule has 1 aromatic carbocycles. The fourth-order valence-electron chi connectivity index (χ4n) is 3.58. The summed E-state index contributed by atoms with van der Waals surface area (Å²) in [6, 6.07) is 4.05. The number of aryl methyl sites for hydroxylation is 2. The Morgan fingerprint density at radius 2 is 2.14 bits per heavy atom. The number of carbonyl (C=O) groups excluding carboxylic acids is 2. The number of hydrogen-bond acceptors (Lipinski definition) is 6. The SMILES string of the molecule is COc1cc(C)c(-c2csc(NC(=O)[C@@H]3CCCN(CC(N)=O)C3)n2)cc1C. The summed E-state index contributed by atoms with van der Waals surface area (Å²) in [4.78, 5) is 30.3. The van der Waals surface area contributed by atoms with Gasteiger partial charge in [0.15, 0.2) is 5.13 Å². The van der Waals surface area contributed by atoms with Crippen LogP contribution in [0.2, 0.25) is 0 Å². The molecule has 7 nitrogen and oxygen atoms in total. The van der Waals surface area contributed by atoms with E-state index in [1.54, 1.807) is 7.11 Å². The minimum absolute atomic E-state index is 0.0577. The number of primary amides is 1. The van der Waals surface area contributed by atoms with E-state index in [1.165, 1.54) is 11.3 Å². The highest BCUT2D eigenvalue weighted by Gasteiger charge is 2.27. The number of nitrogens with zero attached hydrogens (tertiary/aromatic N) is 2. The smallest absolute Gasteiger partial charge is 0.231 e. The van der Waals surface area contributed by atoms with Crippen LogP contribution in [0.4, 0.5) is 5.13 Å². The number of methoxy groups -OCH3 is 1. The lowest BCUT2D eigenvalue weighted by Crippen LogP contribution is -2.44. The number of hydrogen-bond donors (Lipinski definition) is 2. The monoisotopic (exact) mass is 402 g/mol. The minimum atomic E-state index is -0.365. The summed E-state index contributed by atoms with van der Waals surface area (Å²) < 4.78 is 5.37. The van der Waals surface area contributed by atoms with E-state index >= 15 is 0 Å². The van der Waals surface area contributed by atoms with Gasteiger partial charge >= 0.3 is 0 Å². The molecule has 8 heteroatoms. The van der Waals surface area contributed by atoms with E-state index in [1.807, 2.05) is 30.2 Å². The van der Waals surface area contributed by atoms with E-state index in [-0.39, 0.29) is 24.3 Å². The van der Waals surface area contributed by atoms with Crippen LogP contribution >= 0.6 is 11.3 Å². The van der Waals surface area contributed by atoms with Crippen LogP contribution in [0.5, 0.6) is 5.75 Å². The second kappa shape index (κ2) is 8.70. The number of thiazole rings is 1. The van der Waals surface area contributed by atoms with E-state index in [0.29, 0.717) is 11.7 Å². The topological polar surface area (TPSA) is 97.5 Å². The Hall–Kier alpha value is -2.45. The normalized spacial score (nSPS) is 17.3. The van der Waals surface area contributed by atoms with E-state index < -0.39 is 0 Å². The number of carbonyl (C=O) groups is 2. The molecule has 28 heavy (non-hydrogen) atoms. The lowest BCUT2D eigenvalue weighted by Gasteiger charge is -2.30. The maximum atomic E-state index is 12.6. The summed E-state index contributed by atoms with van der Waals surface area (Å²) in [7, 11) is 1.66. The number of anilines is 1. The quantitative estimate of drug-likeness (QED) is 0.774. The number of likely N-dealkylation sites (tertiary alicyclic amines) is 1. The van der Waals surface area contributed by atoms with Crippen LogP contribution in [-0.2, 0) is 9.59 Å². The number of benzene rings is 1. The van der Waals surface area contributed by atoms with E-state index in [4.69, 9.17) is 10.5 Å². The highest BCUT2D eigenvalue weighted by Crippen LogP contribution is 2.32. The standard InChI is InChI=1S/C20H26N4O3S/c1-12-8-17(27-3)13(2)7-15(12)16-11-28-20(22-16)23-19(26)14-5-4-6-24(9-14)10-18(21)25/h7-8,11,14H,4-6,9-10H2,1-3H3,(H2,21,25)(H,22,23,26)/t14-/m1/s1. The minimum Gasteiger partial charge on any atom is -0.496 e. The van der Waals surface area contributed by atoms with Gasteiger partial charge in [0, 0.05) is 17.5 Å². The number of piperidine rings is 1. The summed E-state index contributed by atoms with van der Waals surface area (Å²) in [6.07, 6.45) is 1.68. The van der Waals surface area contributed by atoms with Crippen molar-refractivity contribution in [3.63, 3.8) is 0 Å². The molecule has 0 aliphatic carbocycles. The molecule has 3 rings (SSSR count). The van der Waals surface area contributed by atoms with Crippen LogP contribution in [0.25, 0.3) is 11.3 Å². The van der Waals surface area contributed by atoms with Crippen LogP contribution in [0.1, 0.15) is 24.0 Å². The van der Waals surface area contributed by atoms with Crippen LogP contribution in [-0.4, -0.2) is 48.4 Å². The van der Waals surface area contributed by atoms with Crippen molar-refractivity contribution in [2.24, 2.45) is 11.7 Å². The van der Waals surface area contributed by atoms with Gasteiger partial charge in [-0.1, -0.05) is 0 Å². The number of amides is 2. The molecule has 2 heterocycles. The number of rotatable bonds is 6. The third-order valence-corrected chi connectivity index (χ3v) is 5.77. The molecule has 2 aromatic rings. The molecule has 1 aromatic heterocycles. The highest BCUT2D eigenvalue weighted by molar-refractivity contribution is 7.14. The number of nitrogens with two attached hydrogens (primary N) is 1. The van der Waals surface area contributed by atoms with Gasteiger partial charge < -0.3 is 15.8 Å². The van der Waals surface area contributed by atoms with Gasteiger partial charge in [-0.25, -0.2) is 4.98 Å². The largest absolute Gasteiger partial charge is 0.496 e. The predicted octanol–water partition coefficient (Wildman–Crippen LogP) is 2.57. The van der Waals surface area contributed by atoms with Gasteiger partial charge in [-0.2, -0.15) is 0 Å². The zero-order valence-electron chi connectivity index (χ0n) is 16.4. The molecule has 1 fully saturated rings. The van der Waals surface area contributed by atoms with Crippen molar-refractivity contribution in [2.45, 2.75) is 26.7 Å². The fourth-order valence-corrected chi connectivity index (χ4v) is 4.29. The molecule has 0 saturated carbocycles. The number of ether oxygens (including phenoxy) is 1. The summed E-state index contributed by atoms with van der Waals surface area (Å²) in [5.74, 6) is 0.265. The maximum Gasteiger partial charge on any atom is 0.231 e. The Labute approximate surface area is 168 Å². The molecule has 1 saturated heterocycles. The van der Waals surface area contributed by atoms with Gasteiger partial charge in [-0.3, -0.25) is 14.5 Å². The zero-order chi connectivity index (χ0) is 20.3. The summed E-state index contributed by atoms with van der Waals surface area (Å²) in [5, 5.41) is 5.47. The number of nitrogens with one attached hydrogen (secondary N) is 1. The second-order valence-electron chi connectivity index (χ2n) is 7.20. The average molecular weight is 403 g/mol. The third-order valence-electron chi connectivity index (χ3n) is 5.01. The first-order chi connectivity index (χ1) is 13.4. The zero-order valence-corrected chi connectivity index (χ0v) is 17.3. The van der Waals surface area contributed by atoms with Gasteiger partial charge in [0.2, 0.25) is 11.8 Å². The molecule has 0 bridgehead atoms. The van der Waals surface area contributed by atoms with Crippen LogP contribution in [0.3, 0.4) is 0 Å². The molecule has 1 atom stereocenters. The molecule has 0 radical (unpaired) electrons. The van der Waals surface area contributed by atoms with Gasteiger partial charge in [-0.05, 0) is 56.5 Å². The van der Waals surface area contributed by atoms with Crippen molar-refractivity contribution in [1.29, 1.82) is 0 Å². The lowest BCUT2D eigenvalue weighted by molar-refractivity contribution is -0.124. The molecule has 1 aliphatic rings. The summed E-state index contributed by atoms with van der Waals surface area (Å²) in [6.45, 7) is 5.55. The average Bonchev–Trinajstić information content (AvgIpc) is 3.11. The van der Waals surface area contributed by atoms with Gasteiger partial charge in [0.1, 0.15) is 5.75 Å². The van der Waals surface area contributed by atoms with Crippen molar-refractivity contribution in [3.8, 4) is 17.0 Å². The van der Waals surface area contributed by atoms with Gasteiger partial charge in [0.05, 0.1) is 25.3 Å². The first kappa shape index (κ1) is 20.3. The Morgan fingerprint density at radius 1 is 1.36 bits per heavy atom. The Balaban J connectivity index is 1.68. The lowest BCUT2D eigenvalue weighted by atomic mass is 9.97. The van der Waals surface area contributed by atoms with Gasteiger partial charge in [0.25, 0.3) is 0 Å². The summed E-state index contributed by atoms with van der Waals surface area (Å²) in [5.41, 5.74) is 9.24. The predicted molar refractivity (Wildman–Crippen MR) is 111 cm³/mol. The van der Waals surface area contributed by atoms with E-state index in [9.17, 15) is 9.59 Å². The molecular formula is C20H26N4O3S. The highest BCUT2D eigenvalue weighted by atomic mass is 32.1. The van der Waals surface area contributed by atoms with E-state index in [0.717, 1.165) is 47.5 Å². The molecule has 0 unspecified atom stereocenters. The van der Waals surface area contributed by atoms with Crippen LogP contribution in [0.15, 0.2) is 17.5 Å². The molecule has 2 amide bonds. The van der Waals surface area contributed by atoms with Crippen LogP contribution in [0, 0.1) is 19.8 Å². The number of aromatic nitrogens is 1. The molecule has 0 spiro atoms. The first-order valence-corrected chi connectivity index (χ1v) is 10.2. The molecule has 1 aliphatic heterocycles. The first-order valence-electron chi connectivity index (χ1n) is 9.30. The van der Waals surface area contributed by atoms with E-state index in [2.05, 4.69) is 16.4 Å². The second-order valence-corrected chi connectivity index (χ2v) is 8.06. The third kappa shape index (κ3) is 4.69. The van der Waals surface area contributed by atoms with Crippen molar-refractivity contribution in [3.05, 3.63) is 28.6 Å². The summed E-state index contributed by atoms with van der Waals surface area (Å²) >= 11 is 1.41. The Kier molecular flexibility index (Phi) is 6.31. The van der Waals surface area contributed by atoms with Crippen molar-refractivity contribution < 1.29 is 14.3 Å². The molecule has 150 valence electrons. The van der Waals surface area contributed by atoms with Crippen molar-refractivity contribution in [2.75, 3.05) is 32.1 Å². The maximum absolute atomic E-state index is 12.6. The Bertz CT molecular complexity index is 880. The molecule has 3 N–H and O–H groups in total. The Morgan fingerprint density at radius 3 is 2.86 bits per heavy atom. The fraction of sp³-hybridized carbons (Fsp3) is 0.450.